The van der Waals surface area contributed by atoms with Gasteiger partial charge in [-0.2, -0.15) is 0 Å². The van der Waals surface area contributed by atoms with Gasteiger partial charge in [0.15, 0.2) is 5.96 Å². The van der Waals surface area contributed by atoms with E-state index in [2.05, 4.69) is 55.4 Å². The van der Waals surface area contributed by atoms with E-state index in [4.69, 9.17) is 14.5 Å². The van der Waals surface area contributed by atoms with Gasteiger partial charge in [0, 0.05) is 51.9 Å². The van der Waals surface area contributed by atoms with Crippen molar-refractivity contribution in [3.8, 4) is 5.75 Å². The number of guanidine groups is 1. The Bertz CT molecular complexity index is 612. The van der Waals surface area contributed by atoms with E-state index >= 15 is 0 Å². The minimum Gasteiger partial charge on any atom is -0.493 e. The zero-order valence-corrected chi connectivity index (χ0v) is 20.9. The van der Waals surface area contributed by atoms with Gasteiger partial charge in [-0.1, -0.05) is 19.1 Å². The van der Waals surface area contributed by atoms with Gasteiger partial charge in [-0.3, -0.25) is 4.90 Å². The maximum atomic E-state index is 5.79. The number of aliphatic imine (C=N–C) groups is 1. The Morgan fingerprint density at radius 1 is 1.28 bits per heavy atom. The molecule has 1 aromatic carbocycles. The van der Waals surface area contributed by atoms with E-state index in [1.54, 1.807) is 7.11 Å². The highest BCUT2D eigenvalue weighted by Gasteiger charge is 2.31. The second-order valence-corrected chi connectivity index (χ2v) is 7.81. The third-order valence-electron chi connectivity index (χ3n) is 5.12. The third-order valence-corrected chi connectivity index (χ3v) is 5.12. The molecule has 7 heteroatoms. The molecule has 0 aliphatic carbocycles. The Morgan fingerprint density at radius 2 is 2.07 bits per heavy atom. The van der Waals surface area contributed by atoms with Crippen LogP contribution in [0.1, 0.15) is 39.7 Å². The van der Waals surface area contributed by atoms with Crippen molar-refractivity contribution in [2.45, 2.75) is 52.7 Å². The van der Waals surface area contributed by atoms with Gasteiger partial charge < -0.3 is 20.1 Å². The van der Waals surface area contributed by atoms with Crippen molar-refractivity contribution < 1.29 is 9.47 Å². The summed E-state index contributed by atoms with van der Waals surface area (Å²) in [5, 5.41) is 7.02. The molecule has 2 N–H and O–H groups in total. The average molecular weight is 518 g/mol. The van der Waals surface area contributed by atoms with Crippen LogP contribution < -0.4 is 15.4 Å². The summed E-state index contributed by atoms with van der Waals surface area (Å²) in [6, 6.07) is 9.18. The van der Waals surface area contributed by atoms with Gasteiger partial charge in [0.1, 0.15) is 5.75 Å². The van der Waals surface area contributed by atoms with Crippen molar-refractivity contribution in [3.63, 3.8) is 0 Å². The number of nitrogens with zero attached hydrogens (tertiary/aromatic N) is 2. The van der Waals surface area contributed by atoms with Crippen LogP contribution >= 0.6 is 24.0 Å². The molecule has 1 aliphatic heterocycles. The van der Waals surface area contributed by atoms with Crippen LogP contribution in [0.15, 0.2) is 29.3 Å². The Morgan fingerprint density at radius 3 is 2.72 bits per heavy atom. The number of benzene rings is 1. The molecule has 1 saturated heterocycles. The summed E-state index contributed by atoms with van der Waals surface area (Å²) >= 11 is 0. The summed E-state index contributed by atoms with van der Waals surface area (Å²) in [5.74, 6) is 2.38. The van der Waals surface area contributed by atoms with Crippen molar-refractivity contribution in [1.29, 1.82) is 0 Å². The van der Waals surface area contributed by atoms with Crippen LogP contribution in [0.4, 0.5) is 0 Å². The van der Waals surface area contributed by atoms with Gasteiger partial charge >= 0.3 is 0 Å². The molecule has 0 saturated carbocycles. The quantitative estimate of drug-likeness (QED) is 0.215. The van der Waals surface area contributed by atoms with Gasteiger partial charge in [-0.05, 0) is 44.4 Å². The van der Waals surface area contributed by atoms with E-state index in [9.17, 15) is 0 Å². The first-order valence-electron chi connectivity index (χ1n) is 10.5. The van der Waals surface area contributed by atoms with Crippen molar-refractivity contribution in [3.05, 3.63) is 29.8 Å². The number of methoxy groups -OCH3 is 1. The summed E-state index contributed by atoms with van der Waals surface area (Å²) in [6.07, 6.45) is 0.889. The minimum atomic E-state index is 0. The summed E-state index contributed by atoms with van der Waals surface area (Å²) < 4.78 is 10.9. The standard InChI is InChI=1S/C22H38N4O2.HI/c1-6-23-22(25-21-16-26(17(2)3)15-18(21)4)24-14-19-9-7-10-20(13-19)28-12-8-11-27-5;/h7,9-10,13,17-18,21H,6,8,11-12,14-16H2,1-5H3,(H2,23,24,25);1H. The molecule has 0 aromatic heterocycles. The smallest absolute Gasteiger partial charge is 0.191 e. The van der Waals surface area contributed by atoms with Crippen molar-refractivity contribution >= 4 is 29.9 Å². The Balaban J connectivity index is 0.00000420. The van der Waals surface area contributed by atoms with E-state index in [0.29, 0.717) is 31.2 Å². The highest BCUT2D eigenvalue weighted by molar-refractivity contribution is 14.0. The van der Waals surface area contributed by atoms with E-state index in [1.165, 1.54) is 0 Å². The Kier molecular flexibility index (Phi) is 12.6. The molecule has 166 valence electrons. The first-order valence-corrected chi connectivity index (χ1v) is 10.5. The molecule has 1 aliphatic rings. The second-order valence-electron chi connectivity index (χ2n) is 7.81. The van der Waals surface area contributed by atoms with Crippen LogP contribution in [-0.2, 0) is 11.3 Å². The first-order chi connectivity index (χ1) is 13.5. The van der Waals surface area contributed by atoms with Gasteiger partial charge in [0.25, 0.3) is 0 Å². The fourth-order valence-corrected chi connectivity index (χ4v) is 3.41. The minimum absolute atomic E-state index is 0. The number of likely N-dealkylation sites (tertiary alicyclic amines) is 1. The highest BCUT2D eigenvalue weighted by atomic mass is 127. The lowest BCUT2D eigenvalue weighted by atomic mass is 10.1. The molecule has 1 fully saturated rings. The number of hydrogen-bond donors (Lipinski definition) is 2. The van der Waals surface area contributed by atoms with E-state index in [0.717, 1.165) is 49.9 Å². The van der Waals surface area contributed by atoms with Gasteiger partial charge in [-0.15, -0.1) is 24.0 Å². The summed E-state index contributed by atoms with van der Waals surface area (Å²) in [4.78, 5) is 7.33. The molecule has 1 heterocycles. The maximum absolute atomic E-state index is 5.79. The number of rotatable bonds is 10. The molecule has 0 radical (unpaired) electrons. The van der Waals surface area contributed by atoms with Crippen molar-refractivity contribution in [2.75, 3.05) is 40.0 Å². The zero-order chi connectivity index (χ0) is 20.4. The van der Waals surface area contributed by atoms with Crippen LogP contribution in [0.25, 0.3) is 0 Å². The summed E-state index contributed by atoms with van der Waals surface area (Å²) in [6.45, 7) is 14.0. The molecule has 2 unspecified atom stereocenters. The average Bonchev–Trinajstić information content (AvgIpc) is 3.05. The summed E-state index contributed by atoms with van der Waals surface area (Å²) in [5.41, 5.74) is 1.14. The van der Waals surface area contributed by atoms with Crippen molar-refractivity contribution in [1.82, 2.24) is 15.5 Å². The second kappa shape index (κ2) is 14.0. The number of nitrogens with one attached hydrogen (secondary N) is 2. The van der Waals surface area contributed by atoms with Crippen LogP contribution in [0, 0.1) is 5.92 Å². The summed E-state index contributed by atoms with van der Waals surface area (Å²) in [7, 11) is 1.71. The van der Waals surface area contributed by atoms with Gasteiger partial charge in [0.05, 0.1) is 13.2 Å². The Labute approximate surface area is 193 Å². The van der Waals surface area contributed by atoms with Crippen LogP contribution in [-0.4, -0.2) is 62.9 Å². The molecular weight excluding hydrogens is 479 g/mol. The lowest BCUT2D eigenvalue weighted by Gasteiger charge is -2.22. The van der Waals surface area contributed by atoms with Crippen LogP contribution in [0.5, 0.6) is 5.75 Å². The van der Waals surface area contributed by atoms with E-state index in [1.807, 2.05) is 12.1 Å². The number of ether oxygens (including phenoxy) is 2. The molecule has 29 heavy (non-hydrogen) atoms. The number of halogens is 1. The fraction of sp³-hybridized carbons (Fsp3) is 0.682. The van der Waals surface area contributed by atoms with E-state index < -0.39 is 0 Å². The fourth-order valence-electron chi connectivity index (χ4n) is 3.41. The Hall–Kier alpha value is -1.06. The normalized spacial score (nSPS) is 19.9. The van der Waals surface area contributed by atoms with Crippen LogP contribution in [0.2, 0.25) is 0 Å². The van der Waals surface area contributed by atoms with Gasteiger partial charge in [-0.25, -0.2) is 4.99 Å². The highest BCUT2D eigenvalue weighted by Crippen LogP contribution is 2.19. The predicted molar refractivity (Wildman–Crippen MR) is 131 cm³/mol. The molecule has 0 spiro atoms. The molecule has 1 aromatic rings. The lowest BCUT2D eigenvalue weighted by molar-refractivity contribution is 0.172. The monoisotopic (exact) mass is 518 g/mol. The maximum Gasteiger partial charge on any atom is 0.191 e. The molecular formula is C22H39IN4O2. The third kappa shape index (κ3) is 9.09. The molecule has 2 atom stereocenters. The van der Waals surface area contributed by atoms with Crippen LogP contribution in [0.3, 0.4) is 0 Å². The van der Waals surface area contributed by atoms with Gasteiger partial charge in [0.2, 0.25) is 0 Å². The molecule has 6 nitrogen and oxygen atoms in total. The predicted octanol–water partition coefficient (Wildman–Crippen LogP) is 3.50. The number of hydrogen-bond acceptors (Lipinski definition) is 4. The SMILES string of the molecule is CCNC(=NCc1cccc(OCCCOC)c1)NC1CN(C(C)C)CC1C.I. The van der Waals surface area contributed by atoms with Crippen molar-refractivity contribution in [2.24, 2.45) is 10.9 Å². The van der Waals surface area contributed by atoms with E-state index in [-0.39, 0.29) is 24.0 Å². The first kappa shape index (κ1) is 26.0. The lowest BCUT2D eigenvalue weighted by Crippen LogP contribution is -2.46. The topological polar surface area (TPSA) is 58.1 Å². The molecule has 0 amide bonds. The molecule has 2 rings (SSSR count). The zero-order valence-electron chi connectivity index (χ0n) is 18.6. The largest absolute Gasteiger partial charge is 0.493 e. The molecule has 0 bridgehead atoms.